The topological polar surface area (TPSA) is 41.5 Å². The number of aromatic hydroxyl groups is 1. The van der Waals surface area contributed by atoms with E-state index < -0.39 is 0 Å². The minimum atomic E-state index is -0.0153. The SMILES string of the molecule is CNC1(c2cccc(OC)c2O)CC1. The second-order valence-corrected chi connectivity index (χ2v) is 3.69. The zero-order valence-corrected chi connectivity index (χ0v) is 8.50. The van der Waals surface area contributed by atoms with E-state index in [0.29, 0.717) is 5.75 Å². The predicted octanol–water partition coefficient (Wildman–Crippen LogP) is 1.61. The summed E-state index contributed by atoms with van der Waals surface area (Å²) >= 11 is 0. The molecule has 0 aliphatic heterocycles. The van der Waals surface area contributed by atoms with Crippen molar-refractivity contribution < 1.29 is 9.84 Å². The van der Waals surface area contributed by atoms with Crippen molar-refractivity contribution >= 4 is 0 Å². The molecule has 3 heteroatoms. The third-order valence-electron chi connectivity index (χ3n) is 2.96. The van der Waals surface area contributed by atoms with Crippen LogP contribution in [0.3, 0.4) is 0 Å². The van der Waals surface area contributed by atoms with Gasteiger partial charge in [0, 0.05) is 11.1 Å². The molecule has 0 amide bonds. The summed E-state index contributed by atoms with van der Waals surface area (Å²) in [5, 5.41) is 13.2. The van der Waals surface area contributed by atoms with Crippen LogP contribution in [-0.2, 0) is 5.54 Å². The van der Waals surface area contributed by atoms with Gasteiger partial charge in [0.05, 0.1) is 7.11 Å². The van der Waals surface area contributed by atoms with Gasteiger partial charge < -0.3 is 15.2 Å². The zero-order valence-electron chi connectivity index (χ0n) is 8.50. The average Bonchev–Trinajstić information content (AvgIpc) is 2.99. The standard InChI is InChI=1S/C11H15NO2/c1-12-11(6-7-11)8-4-3-5-9(14-2)10(8)13/h3-5,12-13H,6-7H2,1-2H3. The summed E-state index contributed by atoms with van der Waals surface area (Å²) in [5.41, 5.74) is 0.929. The van der Waals surface area contributed by atoms with Gasteiger partial charge in [-0.2, -0.15) is 0 Å². The summed E-state index contributed by atoms with van der Waals surface area (Å²) in [7, 11) is 3.49. The quantitative estimate of drug-likeness (QED) is 0.766. The normalized spacial score (nSPS) is 17.9. The van der Waals surface area contributed by atoms with E-state index in [2.05, 4.69) is 5.32 Å². The first kappa shape index (κ1) is 9.34. The molecule has 1 aromatic carbocycles. The summed E-state index contributed by atoms with van der Waals surface area (Å²) in [5.74, 6) is 0.811. The number of phenolic OH excluding ortho intramolecular Hbond substituents is 1. The Kier molecular flexibility index (Phi) is 2.11. The molecule has 1 aliphatic carbocycles. The molecule has 1 aliphatic rings. The predicted molar refractivity (Wildman–Crippen MR) is 54.6 cm³/mol. The van der Waals surface area contributed by atoms with Crippen LogP contribution < -0.4 is 10.1 Å². The van der Waals surface area contributed by atoms with E-state index in [0.717, 1.165) is 18.4 Å². The lowest BCUT2D eigenvalue weighted by Crippen LogP contribution is -2.24. The first-order chi connectivity index (χ1) is 6.73. The maximum atomic E-state index is 9.93. The summed E-state index contributed by atoms with van der Waals surface area (Å²) in [6, 6.07) is 5.62. The second-order valence-electron chi connectivity index (χ2n) is 3.69. The van der Waals surface area contributed by atoms with Crippen molar-refractivity contribution in [3.05, 3.63) is 23.8 Å². The van der Waals surface area contributed by atoms with Gasteiger partial charge in [0.2, 0.25) is 0 Å². The van der Waals surface area contributed by atoms with Crippen LogP contribution in [0.4, 0.5) is 0 Å². The van der Waals surface area contributed by atoms with Crippen LogP contribution in [0.25, 0.3) is 0 Å². The summed E-state index contributed by atoms with van der Waals surface area (Å²) in [4.78, 5) is 0. The summed E-state index contributed by atoms with van der Waals surface area (Å²) < 4.78 is 5.08. The Hall–Kier alpha value is -1.22. The van der Waals surface area contributed by atoms with Crippen molar-refractivity contribution in [1.29, 1.82) is 0 Å². The molecule has 1 fully saturated rings. The molecule has 2 N–H and O–H groups in total. The second kappa shape index (κ2) is 3.17. The maximum Gasteiger partial charge on any atom is 0.162 e. The maximum absolute atomic E-state index is 9.93. The molecule has 2 rings (SSSR count). The van der Waals surface area contributed by atoms with Gasteiger partial charge in [-0.3, -0.25) is 0 Å². The minimum Gasteiger partial charge on any atom is -0.504 e. The Balaban J connectivity index is 2.43. The average molecular weight is 193 g/mol. The number of ether oxygens (including phenoxy) is 1. The Morgan fingerprint density at radius 1 is 1.43 bits per heavy atom. The van der Waals surface area contributed by atoms with Crippen molar-refractivity contribution in [2.75, 3.05) is 14.2 Å². The fraction of sp³-hybridized carbons (Fsp3) is 0.455. The van der Waals surface area contributed by atoms with Crippen LogP contribution in [-0.4, -0.2) is 19.3 Å². The van der Waals surface area contributed by atoms with Crippen molar-refractivity contribution in [2.45, 2.75) is 18.4 Å². The number of hydrogen-bond donors (Lipinski definition) is 2. The molecule has 0 atom stereocenters. The van der Waals surface area contributed by atoms with Crippen molar-refractivity contribution in [3.8, 4) is 11.5 Å². The first-order valence-electron chi connectivity index (χ1n) is 4.79. The largest absolute Gasteiger partial charge is 0.504 e. The zero-order chi connectivity index (χ0) is 10.2. The molecular weight excluding hydrogens is 178 g/mol. The Bertz CT molecular complexity index is 345. The lowest BCUT2D eigenvalue weighted by Gasteiger charge is -2.17. The molecule has 1 saturated carbocycles. The Labute approximate surface area is 83.7 Å². The summed E-state index contributed by atoms with van der Waals surface area (Å²) in [6.45, 7) is 0. The smallest absolute Gasteiger partial charge is 0.162 e. The fourth-order valence-electron chi connectivity index (χ4n) is 1.85. The van der Waals surface area contributed by atoms with Gasteiger partial charge in [-0.15, -0.1) is 0 Å². The van der Waals surface area contributed by atoms with Gasteiger partial charge in [0.25, 0.3) is 0 Å². The highest BCUT2D eigenvalue weighted by Gasteiger charge is 2.44. The van der Waals surface area contributed by atoms with Crippen LogP contribution in [0.15, 0.2) is 18.2 Å². The van der Waals surface area contributed by atoms with Crippen LogP contribution >= 0.6 is 0 Å². The highest BCUT2D eigenvalue weighted by atomic mass is 16.5. The molecule has 0 bridgehead atoms. The monoisotopic (exact) mass is 193 g/mol. The van der Waals surface area contributed by atoms with Crippen LogP contribution in [0.2, 0.25) is 0 Å². The van der Waals surface area contributed by atoms with Gasteiger partial charge in [0.15, 0.2) is 11.5 Å². The number of para-hydroxylation sites is 1. The van der Waals surface area contributed by atoms with E-state index in [1.165, 1.54) is 0 Å². The van der Waals surface area contributed by atoms with Crippen molar-refractivity contribution in [1.82, 2.24) is 5.32 Å². The van der Waals surface area contributed by atoms with Crippen LogP contribution in [0.5, 0.6) is 11.5 Å². The third-order valence-corrected chi connectivity index (χ3v) is 2.96. The number of hydrogen-bond acceptors (Lipinski definition) is 3. The fourth-order valence-corrected chi connectivity index (χ4v) is 1.85. The molecule has 0 radical (unpaired) electrons. The van der Waals surface area contributed by atoms with E-state index >= 15 is 0 Å². The van der Waals surface area contributed by atoms with Gasteiger partial charge in [-0.1, -0.05) is 12.1 Å². The number of rotatable bonds is 3. The lowest BCUT2D eigenvalue weighted by molar-refractivity contribution is 0.365. The molecule has 3 nitrogen and oxygen atoms in total. The van der Waals surface area contributed by atoms with E-state index in [1.807, 2.05) is 19.2 Å². The molecule has 0 saturated heterocycles. The molecule has 76 valence electrons. The van der Waals surface area contributed by atoms with Crippen molar-refractivity contribution in [3.63, 3.8) is 0 Å². The molecule has 14 heavy (non-hydrogen) atoms. The van der Waals surface area contributed by atoms with Crippen molar-refractivity contribution in [2.24, 2.45) is 0 Å². The molecule has 0 heterocycles. The Morgan fingerprint density at radius 3 is 2.64 bits per heavy atom. The molecule has 0 spiro atoms. The van der Waals surface area contributed by atoms with E-state index in [-0.39, 0.29) is 11.3 Å². The highest BCUT2D eigenvalue weighted by molar-refractivity contribution is 5.50. The first-order valence-corrected chi connectivity index (χ1v) is 4.79. The van der Waals surface area contributed by atoms with E-state index in [9.17, 15) is 5.11 Å². The van der Waals surface area contributed by atoms with Crippen LogP contribution in [0, 0.1) is 0 Å². The lowest BCUT2D eigenvalue weighted by atomic mass is 10.0. The van der Waals surface area contributed by atoms with Gasteiger partial charge >= 0.3 is 0 Å². The molecule has 0 unspecified atom stereocenters. The van der Waals surface area contributed by atoms with E-state index in [1.54, 1.807) is 13.2 Å². The number of benzene rings is 1. The highest BCUT2D eigenvalue weighted by Crippen LogP contribution is 2.50. The minimum absolute atomic E-state index is 0.0153. The van der Waals surface area contributed by atoms with Gasteiger partial charge in [-0.05, 0) is 26.0 Å². The third kappa shape index (κ3) is 1.24. The molecule has 1 aromatic rings. The number of phenols is 1. The number of nitrogens with one attached hydrogen (secondary N) is 1. The molecular formula is C11H15NO2. The van der Waals surface area contributed by atoms with E-state index in [4.69, 9.17) is 4.74 Å². The van der Waals surface area contributed by atoms with Gasteiger partial charge in [0.1, 0.15) is 0 Å². The molecule has 0 aromatic heterocycles. The van der Waals surface area contributed by atoms with Gasteiger partial charge in [-0.25, -0.2) is 0 Å². The summed E-state index contributed by atoms with van der Waals surface area (Å²) in [6.07, 6.45) is 2.15. The number of methoxy groups -OCH3 is 1. The Morgan fingerprint density at radius 2 is 2.14 bits per heavy atom. The van der Waals surface area contributed by atoms with Crippen LogP contribution in [0.1, 0.15) is 18.4 Å².